The Morgan fingerprint density at radius 2 is 1.79 bits per heavy atom. The molecule has 184 valence electrons. The van der Waals surface area contributed by atoms with Crippen molar-refractivity contribution in [2.24, 2.45) is 10.1 Å². The number of thiazole rings is 1. The van der Waals surface area contributed by atoms with Crippen molar-refractivity contribution in [2.45, 2.75) is 70.9 Å². The molecular formula is C24H32N4O5S. The summed E-state index contributed by atoms with van der Waals surface area (Å²) in [5, 5.41) is 34.1. The van der Waals surface area contributed by atoms with Gasteiger partial charge in [-0.2, -0.15) is 5.10 Å². The van der Waals surface area contributed by atoms with Crippen molar-refractivity contribution >= 4 is 23.6 Å². The Morgan fingerprint density at radius 1 is 1.12 bits per heavy atom. The van der Waals surface area contributed by atoms with E-state index in [1.54, 1.807) is 16.2 Å². The average Bonchev–Trinajstić information content (AvgIpc) is 3.55. The minimum Gasteiger partial charge on any atom is -0.504 e. The summed E-state index contributed by atoms with van der Waals surface area (Å²) in [5.41, 5.74) is 0.900. The number of carbonyl (C=O) groups is 1. The van der Waals surface area contributed by atoms with Gasteiger partial charge in [-0.3, -0.25) is 4.99 Å². The summed E-state index contributed by atoms with van der Waals surface area (Å²) in [6, 6.07) is 2.87. The molecular weight excluding hydrogens is 456 g/mol. The van der Waals surface area contributed by atoms with Crippen LogP contribution in [0.2, 0.25) is 0 Å². The summed E-state index contributed by atoms with van der Waals surface area (Å²) in [6.45, 7) is 8.84. The third kappa shape index (κ3) is 5.38. The smallest absolute Gasteiger partial charge is 0.410 e. The number of rotatable bonds is 4. The molecule has 0 unspecified atom stereocenters. The Kier molecular flexibility index (Phi) is 6.62. The van der Waals surface area contributed by atoms with Crippen molar-refractivity contribution in [3.8, 4) is 17.2 Å². The lowest BCUT2D eigenvalue weighted by atomic mass is 10.1. The summed E-state index contributed by atoms with van der Waals surface area (Å²) in [4.78, 5) is 21.0. The van der Waals surface area contributed by atoms with Crippen molar-refractivity contribution in [2.75, 3.05) is 13.1 Å². The van der Waals surface area contributed by atoms with E-state index in [1.807, 2.05) is 25.4 Å². The van der Waals surface area contributed by atoms with Crippen molar-refractivity contribution in [3.63, 3.8) is 0 Å². The lowest BCUT2D eigenvalue weighted by Gasteiger charge is -2.32. The highest BCUT2D eigenvalue weighted by atomic mass is 32.1. The van der Waals surface area contributed by atoms with Gasteiger partial charge in [0.1, 0.15) is 5.60 Å². The van der Waals surface area contributed by atoms with Gasteiger partial charge in [-0.05, 0) is 65.5 Å². The molecule has 0 spiro atoms. The Morgan fingerprint density at radius 3 is 2.41 bits per heavy atom. The standard InChI is InChI=1S/C24H32N4O5S/c1-14-19(15-5-6-15)28(25-13-16-7-8-18(29)21(31)20(16)30)22(34-14)26-17-9-11-27(12-10-17)23(32)33-24(2,3)4/h7-8,13,15,17,29-31H,5-6,9-12H2,1-4H3/b25-13+,26-22-. The van der Waals surface area contributed by atoms with E-state index in [2.05, 4.69) is 12.0 Å². The van der Waals surface area contributed by atoms with E-state index < -0.39 is 17.1 Å². The highest BCUT2D eigenvalue weighted by Crippen LogP contribution is 2.42. The molecule has 2 fully saturated rings. The number of carbonyl (C=O) groups excluding carboxylic acids is 1. The van der Waals surface area contributed by atoms with E-state index in [9.17, 15) is 20.1 Å². The maximum atomic E-state index is 12.4. The van der Waals surface area contributed by atoms with Gasteiger partial charge in [-0.25, -0.2) is 9.47 Å². The average molecular weight is 489 g/mol. The number of aryl methyl sites for hydroxylation is 1. The largest absolute Gasteiger partial charge is 0.504 e. The Labute approximate surface area is 202 Å². The number of hydrogen-bond donors (Lipinski definition) is 3. The number of phenolic OH excluding ortho intramolecular Hbond substituents is 3. The second kappa shape index (κ2) is 9.32. The number of aromatic hydroxyl groups is 3. The lowest BCUT2D eigenvalue weighted by molar-refractivity contribution is 0.0206. The lowest BCUT2D eigenvalue weighted by Crippen LogP contribution is -2.43. The van der Waals surface area contributed by atoms with E-state index >= 15 is 0 Å². The van der Waals surface area contributed by atoms with Crippen LogP contribution in [0.4, 0.5) is 4.79 Å². The number of benzene rings is 1. The van der Waals surface area contributed by atoms with E-state index in [0.717, 1.165) is 41.1 Å². The molecule has 10 heteroatoms. The number of nitrogens with zero attached hydrogens (tertiary/aromatic N) is 4. The van der Waals surface area contributed by atoms with Crippen LogP contribution >= 0.6 is 11.3 Å². The third-order valence-electron chi connectivity index (χ3n) is 5.86. The number of aromatic nitrogens is 1. The molecule has 1 saturated heterocycles. The van der Waals surface area contributed by atoms with E-state index in [-0.39, 0.29) is 17.9 Å². The normalized spacial score (nSPS) is 18.1. The van der Waals surface area contributed by atoms with E-state index in [4.69, 9.17) is 9.73 Å². The van der Waals surface area contributed by atoms with Gasteiger partial charge in [0.25, 0.3) is 0 Å². The monoisotopic (exact) mass is 488 g/mol. The van der Waals surface area contributed by atoms with E-state index in [1.165, 1.54) is 18.3 Å². The van der Waals surface area contributed by atoms with Crippen LogP contribution < -0.4 is 4.80 Å². The number of likely N-dealkylation sites (tertiary alicyclic amines) is 1. The van der Waals surface area contributed by atoms with Crippen LogP contribution in [-0.4, -0.2) is 61.9 Å². The zero-order valence-electron chi connectivity index (χ0n) is 20.0. The molecule has 34 heavy (non-hydrogen) atoms. The second-order valence-electron chi connectivity index (χ2n) is 9.86. The molecule has 1 aliphatic heterocycles. The van der Waals surface area contributed by atoms with Crippen molar-refractivity contribution < 1.29 is 24.9 Å². The second-order valence-corrected chi connectivity index (χ2v) is 11.0. The third-order valence-corrected chi connectivity index (χ3v) is 6.84. The van der Waals surface area contributed by atoms with Crippen molar-refractivity contribution in [1.29, 1.82) is 0 Å². The molecule has 0 bridgehead atoms. The Balaban J connectivity index is 1.57. The van der Waals surface area contributed by atoms with Gasteiger partial charge in [-0.1, -0.05) is 0 Å². The molecule has 1 saturated carbocycles. The van der Waals surface area contributed by atoms with Crippen LogP contribution in [0.1, 0.15) is 68.5 Å². The summed E-state index contributed by atoms with van der Waals surface area (Å²) in [5.74, 6) is -0.939. The maximum Gasteiger partial charge on any atom is 0.410 e. The van der Waals surface area contributed by atoms with Crippen LogP contribution in [0.25, 0.3) is 0 Å². The molecule has 1 aromatic carbocycles. The molecule has 4 rings (SSSR count). The van der Waals surface area contributed by atoms with Crippen LogP contribution in [0, 0.1) is 6.92 Å². The molecule has 1 aliphatic carbocycles. The topological polar surface area (TPSA) is 120 Å². The summed E-state index contributed by atoms with van der Waals surface area (Å²) < 4.78 is 7.32. The first-order valence-corrected chi connectivity index (χ1v) is 12.4. The number of ether oxygens (including phenoxy) is 1. The first-order valence-electron chi connectivity index (χ1n) is 11.6. The highest BCUT2D eigenvalue weighted by molar-refractivity contribution is 7.09. The van der Waals surface area contributed by atoms with Gasteiger partial charge in [0.2, 0.25) is 10.6 Å². The van der Waals surface area contributed by atoms with Gasteiger partial charge < -0.3 is 25.0 Å². The van der Waals surface area contributed by atoms with Crippen molar-refractivity contribution in [3.05, 3.63) is 33.1 Å². The molecule has 2 heterocycles. The summed E-state index contributed by atoms with van der Waals surface area (Å²) in [7, 11) is 0. The predicted octanol–water partition coefficient (Wildman–Crippen LogP) is 4.03. The van der Waals surface area contributed by atoms with Crippen LogP contribution in [-0.2, 0) is 4.74 Å². The molecule has 1 amide bonds. The van der Waals surface area contributed by atoms with Gasteiger partial charge in [0.05, 0.1) is 18.0 Å². The van der Waals surface area contributed by atoms with Crippen LogP contribution in [0.15, 0.2) is 22.2 Å². The first kappa shape index (κ1) is 24.1. The summed E-state index contributed by atoms with van der Waals surface area (Å²) in [6.07, 6.45) is 4.87. The molecule has 2 aliphatic rings. The predicted molar refractivity (Wildman–Crippen MR) is 130 cm³/mol. The molecule has 1 aromatic heterocycles. The molecule has 2 aromatic rings. The fourth-order valence-corrected chi connectivity index (χ4v) is 5.03. The quantitative estimate of drug-likeness (QED) is 0.443. The molecule has 0 radical (unpaired) electrons. The van der Waals surface area contributed by atoms with E-state index in [0.29, 0.717) is 24.6 Å². The molecule has 0 atom stereocenters. The highest BCUT2D eigenvalue weighted by Gasteiger charge is 2.31. The number of piperidine rings is 1. The number of amides is 1. The minimum atomic E-state index is -0.570. The zero-order chi connectivity index (χ0) is 24.6. The fourth-order valence-electron chi connectivity index (χ4n) is 3.96. The van der Waals surface area contributed by atoms with Gasteiger partial charge >= 0.3 is 6.09 Å². The van der Waals surface area contributed by atoms with Crippen molar-refractivity contribution in [1.82, 2.24) is 9.58 Å². The van der Waals surface area contributed by atoms with Gasteiger partial charge in [-0.15, -0.1) is 11.3 Å². The SMILES string of the molecule is Cc1s/c(=N\C2CCN(C(=O)OC(C)(C)C)CC2)n(/N=C/c2ccc(O)c(O)c2O)c1C1CC1. The number of phenols is 3. The minimum absolute atomic E-state index is 0.0661. The van der Waals surface area contributed by atoms with Gasteiger partial charge in [0, 0.05) is 29.4 Å². The number of hydrogen-bond acceptors (Lipinski definition) is 8. The fraction of sp³-hybridized carbons (Fsp3) is 0.542. The Hall–Kier alpha value is -3.01. The van der Waals surface area contributed by atoms with Crippen LogP contribution in [0.3, 0.4) is 0 Å². The van der Waals surface area contributed by atoms with Crippen LogP contribution in [0.5, 0.6) is 17.2 Å². The Bertz CT molecular complexity index is 1170. The first-order chi connectivity index (χ1) is 16.0. The maximum absolute atomic E-state index is 12.4. The summed E-state index contributed by atoms with van der Waals surface area (Å²) >= 11 is 1.59. The molecule has 3 N–H and O–H groups in total. The zero-order valence-corrected chi connectivity index (χ0v) is 20.8. The van der Waals surface area contributed by atoms with Gasteiger partial charge in [0.15, 0.2) is 11.5 Å². The molecule has 9 nitrogen and oxygen atoms in total.